The number of hydrogen-bond acceptors (Lipinski definition) is 3. The van der Waals surface area contributed by atoms with Gasteiger partial charge in [-0.05, 0) is 55.2 Å². The molecule has 1 aromatic carbocycles. The standard InChI is InChI=1S/C17H18N2O2/c1-2-11-9-14(20)5-6-15(11)16-10-12(7-8-18-16)17(21)19-13-3-4-13/h5-10,13,20H,2-4H2,1H3,(H,19,21). The maximum Gasteiger partial charge on any atom is 0.251 e. The van der Waals surface area contributed by atoms with Crippen LogP contribution in [0.3, 0.4) is 0 Å². The molecular weight excluding hydrogens is 264 g/mol. The number of nitrogens with zero attached hydrogens (tertiary/aromatic N) is 1. The Morgan fingerprint density at radius 3 is 2.86 bits per heavy atom. The molecule has 0 spiro atoms. The molecule has 0 aliphatic heterocycles. The Bertz CT molecular complexity index is 678. The van der Waals surface area contributed by atoms with Crippen molar-refractivity contribution in [2.24, 2.45) is 0 Å². The Kier molecular flexibility index (Phi) is 3.60. The van der Waals surface area contributed by atoms with E-state index in [4.69, 9.17) is 0 Å². The molecule has 4 heteroatoms. The van der Waals surface area contributed by atoms with E-state index in [-0.39, 0.29) is 11.7 Å². The fraction of sp³-hybridized carbons (Fsp3) is 0.294. The maximum absolute atomic E-state index is 12.1. The number of aromatic nitrogens is 1. The first kappa shape index (κ1) is 13.6. The van der Waals surface area contributed by atoms with Gasteiger partial charge in [-0.3, -0.25) is 9.78 Å². The van der Waals surface area contributed by atoms with Crippen LogP contribution in [0.25, 0.3) is 11.3 Å². The molecule has 21 heavy (non-hydrogen) atoms. The van der Waals surface area contributed by atoms with Crippen molar-refractivity contribution < 1.29 is 9.90 Å². The number of benzene rings is 1. The van der Waals surface area contributed by atoms with Gasteiger partial charge in [0.25, 0.3) is 5.91 Å². The SMILES string of the molecule is CCc1cc(O)ccc1-c1cc(C(=O)NC2CC2)ccn1. The molecule has 1 fully saturated rings. The molecule has 1 aliphatic rings. The van der Waals surface area contributed by atoms with Gasteiger partial charge >= 0.3 is 0 Å². The number of carbonyl (C=O) groups excluding carboxylic acids is 1. The summed E-state index contributed by atoms with van der Waals surface area (Å²) in [6.07, 6.45) is 4.59. The number of amides is 1. The van der Waals surface area contributed by atoms with Crippen molar-refractivity contribution in [1.29, 1.82) is 0 Å². The second-order valence-corrected chi connectivity index (χ2v) is 5.37. The van der Waals surface area contributed by atoms with E-state index < -0.39 is 0 Å². The van der Waals surface area contributed by atoms with Crippen LogP contribution in [0.2, 0.25) is 0 Å². The summed E-state index contributed by atoms with van der Waals surface area (Å²) in [4.78, 5) is 16.5. The summed E-state index contributed by atoms with van der Waals surface area (Å²) in [5.74, 6) is 0.205. The second kappa shape index (κ2) is 5.56. The van der Waals surface area contributed by atoms with E-state index in [0.29, 0.717) is 11.6 Å². The van der Waals surface area contributed by atoms with Crippen molar-refractivity contribution in [3.05, 3.63) is 47.7 Å². The molecule has 1 aliphatic carbocycles. The topological polar surface area (TPSA) is 62.2 Å². The zero-order chi connectivity index (χ0) is 14.8. The van der Waals surface area contributed by atoms with Crippen LogP contribution in [0.5, 0.6) is 5.75 Å². The molecule has 0 atom stereocenters. The van der Waals surface area contributed by atoms with E-state index in [0.717, 1.165) is 36.1 Å². The molecule has 4 nitrogen and oxygen atoms in total. The zero-order valence-corrected chi connectivity index (χ0v) is 12.0. The molecule has 0 bridgehead atoms. The molecule has 1 heterocycles. The van der Waals surface area contributed by atoms with Crippen LogP contribution >= 0.6 is 0 Å². The van der Waals surface area contributed by atoms with Gasteiger partial charge < -0.3 is 10.4 Å². The van der Waals surface area contributed by atoms with Gasteiger partial charge in [0.05, 0.1) is 5.69 Å². The Morgan fingerprint density at radius 2 is 2.14 bits per heavy atom. The van der Waals surface area contributed by atoms with E-state index in [2.05, 4.69) is 10.3 Å². The highest BCUT2D eigenvalue weighted by atomic mass is 16.3. The minimum atomic E-state index is -0.0435. The first-order valence-electron chi connectivity index (χ1n) is 7.26. The van der Waals surface area contributed by atoms with Gasteiger partial charge in [0.1, 0.15) is 5.75 Å². The van der Waals surface area contributed by atoms with Crippen LogP contribution in [0, 0.1) is 0 Å². The van der Waals surface area contributed by atoms with Crippen LogP contribution in [0.15, 0.2) is 36.5 Å². The lowest BCUT2D eigenvalue weighted by atomic mass is 10.0. The Hall–Kier alpha value is -2.36. The van der Waals surface area contributed by atoms with Crippen molar-refractivity contribution in [3.8, 4) is 17.0 Å². The third-order valence-corrected chi connectivity index (χ3v) is 3.68. The third kappa shape index (κ3) is 3.05. The normalized spacial score (nSPS) is 14.0. The fourth-order valence-electron chi connectivity index (χ4n) is 2.34. The van der Waals surface area contributed by atoms with Crippen molar-refractivity contribution in [1.82, 2.24) is 10.3 Å². The van der Waals surface area contributed by atoms with Crippen LogP contribution in [-0.2, 0) is 6.42 Å². The van der Waals surface area contributed by atoms with Crippen molar-refractivity contribution in [3.63, 3.8) is 0 Å². The predicted octanol–water partition coefficient (Wildman–Crippen LogP) is 2.91. The molecule has 3 rings (SSSR count). The minimum Gasteiger partial charge on any atom is -0.508 e. The molecule has 0 radical (unpaired) electrons. The lowest BCUT2D eigenvalue weighted by Crippen LogP contribution is -2.25. The fourth-order valence-corrected chi connectivity index (χ4v) is 2.34. The summed E-state index contributed by atoms with van der Waals surface area (Å²) in [6.45, 7) is 2.03. The molecule has 1 aromatic heterocycles. The van der Waals surface area contributed by atoms with Gasteiger partial charge in [-0.25, -0.2) is 0 Å². The minimum absolute atomic E-state index is 0.0435. The van der Waals surface area contributed by atoms with Gasteiger partial charge in [0.2, 0.25) is 0 Å². The van der Waals surface area contributed by atoms with Gasteiger partial charge in [-0.15, -0.1) is 0 Å². The predicted molar refractivity (Wildman–Crippen MR) is 81.2 cm³/mol. The Balaban J connectivity index is 1.93. The molecule has 108 valence electrons. The Morgan fingerprint density at radius 1 is 1.33 bits per heavy atom. The summed E-state index contributed by atoms with van der Waals surface area (Å²) < 4.78 is 0. The Labute approximate surface area is 123 Å². The van der Waals surface area contributed by atoms with Crippen molar-refractivity contribution in [2.75, 3.05) is 0 Å². The van der Waals surface area contributed by atoms with E-state index in [1.54, 1.807) is 24.4 Å². The van der Waals surface area contributed by atoms with E-state index in [1.807, 2.05) is 19.1 Å². The number of nitrogens with one attached hydrogen (secondary N) is 1. The van der Waals surface area contributed by atoms with Crippen LogP contribution in [0.1, 0.15) is 35.7 Å². The highest BCUT2D eigenvalue weighted by Gasteiger charge is 2.24. The summed E-state index contributed by atoms with van der Waals surface area (Å²) >= 11 is 0. The van der Waals surface area contributed by atoms with Gasteiger partial charge in [-0.2, -0.15) is 0 Å². The lowest BCUT2D eigenvalue weighted by Gasteiger charge is -2.09. The summed E-state index contributed by atoms with van der Waals surface area (Å²) in [5.41, 5.74) is 3.36. The number of pyridine rings is 1. The lowest BCUT2D eigenvalue weighted by molar-refractivity contribution is 0.0951. The van der Waals surface area contributed by atoms with Crippen LogP contribution in [0.4, 0.5) is 0 Å². The third-order valence-electron chi connectivity index (χ3n) is 3.68. The molecule has 2 N–H and O–H groups in total. The number of phenolic OH excluding ortho intramolecular Hbond substituents is 1. The van der Waals surface area contributed by atoms with E-state index in [1.165, 1.54) is 0 Å². The molecule has 1 amide bonds. The van der Waals surface area contributed by atoms with Gasteiger partial charge in [0.15, 0.2) is 0 Å². The molecular formula is C17H18N2O2. The maximum atomic E-state index is 12.1. The van der Waals surface area contributed by atoms with Gasteiger partial charge in [0, 0.05) is 23.4 Å². The first-order valence-corrected chi connectivity index (χ1v) is 7.26. The number of phenols is 1. The van der Waals surface area contributed by atoms with Crippen molar-refractivity contribution in [2.45, 2.75) is 32.2 Å². The number of aryl methyl sites for hydroxylation is 1. The number of hydrogen-bond donors (Lipinski definition) is 2. The largest absolute Gasteiger partial charge is 0.508 e. The number of aromatic hydroxyl groups is 1. The average molecular weight is 282 g/mol. The number of carbonyl (C=O) groups is 1. The summed E-state index contributed by atoms with van der Waals surface area (Å²) in [5, 5.41) is 12.6. The summed E-state index contributed by atoms with van der Waals surface area (Å²) in [6, 6.07) is 9.12. The smallest absolute Gasteiger partial charge is 0.251 e. The summed E-state index contributed by atoms with van der Waals surface area (Å²) in [7, 11) is 0. The highest BCUT2D eigenvalue weighted by molar-refractivity contribution is 5.95. The molecule has 1 saturated carbocycles. The van der Waals surface area contributed by atoms with E-state index in [9.17, 15) is 9.90 Å². The average Bonchev–Trinajstić information content (AvgIpc) is 3.31. The first-order chi connectivity index (χ1) is 10.2. The zero-order valence-electron chi connectivity index (χ0n) is 12.0. The van der Waals surface area contributed by atoms with Crippen molar-refractivity contribution >= 4 is 5.91 Å². The van der Waals surface area contributed by atoms with Crippen LogP contribution in [-0.4, -0.2) is 22.0 Å². The molecule has 2 aromatic rings. The quantitative estimate of drug-likeness (QED) is 0.906. The van der Waals surface area contributed by atoms with E-state index >= 15 is 0 Å². The van der Waals surface area contributed by atoms with Crippen LogP contribution < -0.4 is 5.32 Å². The molecule has 0 saturated heterocycles. The molecule has 0 unspecified atom stereocenters. The highest BCUT2D eigenvalue weighted by Crippen LogP contribution is 2.27. The second-order valence-electron chi connectivity index (χ2n) is 5.37. The monoisotopic (exact) mass is 282 g/mol. The number of rotatable bonds is 4. The van der Waals surface area contributed by atoms with Gasteiger partial charge in [-0.1, -0.05) is 6.92 Å².